The summed E-state index contributed by atoms with van der Waals surface area (Å²) in [6.45, 7) is 3.69. The van der Waals surface area contributed by atoms with Gasteiger partial charge in [-0.15, -0.1) is 0 Å². The van der Waals surface area contributed by atoms with Crippen LogP contribution in [0.3, 0.4) is 0 Å². The fourth-order valence-corrected chi connectivity index (χ4v) is 4.41. The second-order valence-corrected chi connectivity index (χ2v) is 8.71. The molecular formula is C26H24N4O3S. The van der Waals surface area contributed by atoms with Crippen LogP contribution in [-0.2, 0) is 9.59 Å². The van der Waals surface area contributed by atoms with E-state index in [1.54, 1.807) is 18.2 Å². The molecule has 0 aliphatic carbocycles. The molecule has 0 saturated carbocycles. The quantitative estimate of drug-likeness (QED) is 0.315. The molecule has 1 heterocycles. The van der Waals surface area contributed by atoms with Crippen molar-refractivity contribution < 1.29 is 9.59 Å². The molecule has 172 valence electrons. The van der Waals surface area contributed by atoms with Crippen LogP contribution in [0.25, 0.3) is 16.6 Å². The summed E-state index contributed by atoms with van der Waals surface area (Å²) < 4.78 is 1.51. The van der Waals surface area contributed by atoms with E-state index in [0.29, 0.717) is 21.7 Å². The van der Waals surface area contributed by atoms with Crippen LogP contribution in [0.4, 0.5) is 5.69 Å². The average Bonchev–Trinajstić information content (AvgIpc) is 2.84. The number of hydrogen-bond acceptors (Lipinski definition) is 5. The van der Waals surface area contributed by atoms with Crippen LogP contribution < -0.4 is 16.2 Å². The monoisotopic (exact) mass is 472 g/mol. The van der Waals surface area contributed by atoms with Crippen LogP contribution in [0.2, 0.25) is 0 Å². The number of anilines is 1. The van der Waals surface area contributed by atoms with Crippen LogP contribution in [0.1, 0.15) is 11.1 Å². The van der Waals surface area contributed by atoms with Crippen molar-refractivity contribution >= 4 is 40.2 Å². The molecule has 3 aromatic carbocycles. The topological polar surface area (TPSA) is 93.1 Å². The number of nitrogens with zero attached hydrogens (tertiary/aromatic N) is 2. The number of carbonyl (C=O) groups is 2. The molecule has 7 nitrogen and oxygen atoms in total. The maximum atomic E-state index is 13.2. The highest BCUT2D eigenvalue weighted by atomic mass is 32.2. The number of amides is 2. The summed E-state index contributed by atoms with van der Waals surface area (Å²) in [6.07, 6.45) is 0. The van der Waals surface area contributed by atoms with E-state index in [-0.39, 0.29) is 29.7 Å². The predicted molar refractivity (Wildman–Crippen MR) is 136 cm³/mol. The van der Waals surface area contributed by atoms with Gasteiger partial charge in [0.05, 0.1) is 28.9 Å². The van der Waals surface area contributed by atoms with Crippen LogP contribution in [0.5, 0.6) is 0 Å². The molecule has 0 spiro atoms. The Hall–Kier alpha value is -3.91. The summed E-state index contributed by atoms with van der Waals surface area (Å²) in [6, 6.07) is 22.1. The molecule has 4 aromatic rings. The second kappa shape index (κ2) is 10.4. The van der Waals surface area contributed by atoms with E-state index < -0.39 is 0 Å². The first-order valence-electron chi connectivity index (χ1n) is 10.8. The lowest BCUT2D eigenvalue weighted by Crippen LogP contribution is -2.34. The second-order valence-electron chi connectivity index (χ2n) is 7.77. The van der Waals surface area contributed by atoms with Crippen molar-refractivity contribution in [2.75, 3.05) is 17.6 Å². The zero-order valence-electron chi connectivity index (χ0n) is 18.9. The van der Waals surface area contributed by atoms with Crippen molar-refractivity contribution in [2.45, 2.75) is 19.0 Å². The molecule has 0 radical (unpaired) electrons. The lowest BCUT2D eigenvalue weighted by Gasteiger charge is -2.13. The number of thioether (sulfide) groups is 1. The fourth-order valence-electron chi connectivity index (χ4n) is 3.57. The van der Waals surface area contributed by atoms with Crippen molar-refractivity contribution in [1.82, 2.24) is 14.9 Å². The molecule has 0 unspecified atom stereocenters. The zero-order valence-corrected chi connectivity index (χ0v) is 19.7. The van der Waals surface area contributed by atoms with Gasteiger partial charge in [-0.05, 0) is 49.2 Å². The number of hydrogen-bond donors (Lipinski definition) is 2. The number of fused-ring (bicyclic) bond motifs is 1. The van der Waals surface area contributed by atoms with Crippen LogP contribution in [0.15, 0.2) is 82.7 Å². The van der Waals surface area contributed by atoms with E-state index in [9.17, 15) is 14.4 Å². The van der Waals surface area contributed by atoms with Crippen molar-refractivity contribution in [3.63, 3.8) is 0 Å². The molecule has 0 bridgehead atoms. The molecule has 34 heavy (non-hydrogen) atoms. The molecular weight excluding hydrogens is 448 g/mol. The molecule has 2 amide bonds. The number of para-hydroxylation sites is 3. The molecule has 1 aromatic heterocycles. The van der Waals surface area contributed by atoms with Gasteiger partial charge < -0.3 is 10.6 Å². The van der Waals surface area contributed by atoms with Gasteiger partial charge in [0.25, 0.3) is 5.56 Å². The predicted octanol–water partition coefficient (Wildman–Crippen LogP) is 3.85. The van der Waals surface area contributed by atoms with Gasteiger partial charge in [-0.1, -0.05) is 60.3 Å². The molecule has 8 heteroatoms. The third-order valence-corrected chi connectivity index (χ3v) is 6.22. The Morgan fingerprint density at radius 1 is 0.882 bits per heavy atom. The average molecular weight is 473 g/mol. The SMILES string of the molecule is Cc1cccc(C)c1NC(=O)CNC(=O)CSc1nc2ccccc2c(=O)n1-c1ccccc1. The van der Waals surface area contributed by atoms with Gasteiger partial charge in [-0.3, -0.25) is 19.0 Å². The van der Waals surface area contributed by atoms with E-state index in [2.05, 4.69) is 15.6 Å². The van der Waals surface area contributed by atoms with E-state index >= 15 is 0 Å². The summed E-state index contributed by atoms with van der Waals surface area (Å²) in [5, 5.41) is 6.39. The Morgan fingerprint density at radius 2 is 1.56 bits per heavy atom. The minimum Gasteiger partial charge on any atom is -0.346 e. The maximum absolute atomic E-state index is 13.2. The van der Waals surface area contributed by atoms with Crippen molar-refractivity contribution in [3.8, 4) is 5.69 Å². The third-order valence-electron chi connectivity index (χ3n) is 5.28. The van der Waals surface area contributed by atoms with Gasteiger partial charge in [0, 0.05) is 5.69 Å². The summed E-state index contributed by atoms with van der Waals surface area (Å²) in [7, 11) is 0. The zero-order chi connectivity index (χ0) is 24.1. The molecule has 2 N–H and O–H groups in total. The smallest absolute Gasteiger partial charge is 0.266 e. The van der Waals surface area contributed by atoms with Gasteiger partial charge in [0.15, 0.2) is 5.16 Å². The number of benzene rings is 3. The maximum Gasteiger partial charge on any atom is 0.266 e. The normalized spacial score (nSPS) is 10.8. The van der Waals surface area contributed by atoms with E-state index in [1.165, 1.54) is 4.57 Å². The van der Waals surface area contributed by atoms with Gasteiger partial charge in [-0.2, -0.15) is 0 Å². The molecule has 0 fully saturated rings. The Morgan fingerprint density at radius 3 is 2.29 bits per heavy atom. The molecule has 4 rings (SSSR count). The minimum absolute atomic E-state index is 0.00822. The molecule has 0 aliphatic heterocycles. The number of aromatic nitrogens is 2. The summed E-state index contributed by atoms with van der Waals surface area (Å²) in [4.78, 5) is 42.6. The Kier molecular flexibility index (Phi) is 7.08. The Labute approximate surface area is 201 Å². The lowest BCUT2D eigenvalue weighted by atomic mass is 10.1. The Balaban J connectivity index is 1.46. The summed E-state index contributed by atoms with van der Waals surface area (Å²) in [5.74, 6) is -0.627. The van der Waals surface area contributed by atoms with Gasteiger partial charge in [-0.25, -0.2) is 4.98 Å². The molecule has 0 saturated heterocycles. The summed E-state index contributed by atoms with van der Waals surface area (Å²) in [5.41, 5.74) is 3.70. The third kappa shape index (κ3) is 5.18. The van der Waals surface area contributed by atoms with Crippen LogP contribution in [-0.4, -0.2) is 33.7 Å². The number of rotatable bonds is 7. The van der Waals surface area contributed by atoms with Crippen molar-refractivity contribution in [1.29, 1.82) is 0 Å². The van der Waals surface area contributed by atoms with Crippen LogP contribution in [0, 0.1) is 13.8 Å². The van der Waals surface area contributed by atoms with E-state index in [1.807, 2.05) is 68.4 Å². The number of carbonyl (C=O) groups excluding carboxylic acids is 2. The van der Waals surface area contributed by atoms with E-state index in [0.717, 1.165) is 28.6 Å². The van der Waals surface area contributed by atoms with Crippen LogP contribution >= 0.6 is 11.8 Å². The first kappa shape index (κ1) is 23.3. The van der Waals surface area contributed by atoms with Crippen molar-refractivity contribution in [3.05, 3.63) is 94.3 Å². The summed E-state index contributed by atoms with van der Waals surface area (Å²) >= 11 is 1.15. The number of nitrogens with one attached hydrogen (secondary N) is 2. The van der Waals surface area contributed by atoms with Gasteiger partial charge in [0.2, 0.25) is 11.8 Å². The highest BCUT2D eigenvalue weighted by Gasteiger charge is 2.15. The van der Waals surface area contributed by atoms with Gasteiger partial charge in [0.1, 0.15) is 0 Å². The van der Waals surface area contributed by atoms with E-state index in [4.69, 9.17) is 0 Å². The first-order chi connectivity index (χ1) is 16.4. The molecule has 0 atom stereocenters. The highest BCUT2D eigenvalue weighted by molar-refractivity contribution is 7.99. The standard InChI is InChI=1S/C26H24N4O3S/c1-17-9-8-10-18(2)24(17)29-22(31)15-27-23(32)16-34-26-28-21-14-7-6-13-20(21)25(33)30(26)19-11-4-3-5-12-19/h3-14H,15-16H2,1-2H3,(H,27,32)(H,29,31). The highest BCUT2D eigenvalue weighted by Crippen LogP contribution is 2.21. The van der Waals surface area contributed by atoms with Gasteiger partial charge >= 0.3 is 0 Å². The molecule has 0 aliphatic rings. The minimum atomic E-state index is -0.330. The van der Waals surface area contributed by atoms with Crippen molar-refractivity contribution in [2.24, 2.45) is 0 Å². The lowest BCUT2D eigenvalue weighted by molar-refractivity contribution is -0.122. The fraction of sp³-hybridized carbons (Fsp3) is 0.154. The largest absolute Gasteiger partial charge is 0.346 e. The number of aryl methyl sites for hydroxylation is 2. The Bertz CT molecular complexity index is 1400. The first-order valence-corrected chi connectivity index (χ1v) is 11.8.